The number of anilines is 1. The Hall–Kier alpha value is -2.11. The van der Waals surface area contributed by atoms with E-state index in [0.717, 1.165) is 38.2 Å². The van der Waals surface area contributed by atoms with Gasteiger partial charge in [-0.1, -0.05) is 12.8 Å². The molecule has 23 heavy (non-hydrogen) atoms. The third kappa shape index (κ3) is 3.63. The molecular weight excluding hydrogens is 292 g/mol. The molecule has 6 nitrogen and oxygen atoms in total. The van der Waals surface area contributed by atoms with Crippen molar-refractivity contribution < 1.29 is 9.59 Å². The zero-order chi connectivity index (χ0) is 16.1. The van der Waals surface area contributed by atoms with Crippen LogP contribution < -0.4 is 4.90 Å². The summed E-state index contributed by atoms with van der Waals surface area (Å²) in [7, 11) is 0. The maximum atomic E-state index is 12.9. The number of rotatable bonds is 3. The Labute approximate surface area is 137 Å². The molecule has 6 heteroatoms. The van der Waals surface area contributed by atoms with Crippen molar-refractivity contribution in [2.45, 2.75) is 25.7 Å². The Morgan fingerprint density at radius 1 is 1.00 bits per heavy atom. The van der Waals surface area contributed by atoms with E-state index in [4.69, 9.17) is 0 Å². The van der Waals surface area contributed by atoms with Gasteiger partial charge in [0.1, 0.15) is 5.82 Å². The van der Waals surface area contributed by atoms with Gasteiger partial charge in [0.15, 0.2) is 0 Å². The zero-order valence-electron chi connectivity index (χ0n) is 13.5. The van der Waals surface area contributed by atoms with Crippen LogP contribution in [-0.4, -0.2) is 66.4 Å². The van der Waals surface area contributed by atoms with Crippen molar-refractivity contribution >= 4 is 18.1 Å². The monoisotopic (exact) mass is 316 g/mol. The second-order valence-corrected chi connectivity index (χ2v) is 6.21. The minimum absolute atomic E-state index is 0.0305. The molecule has 0 N–H and O–H groups in total. The van der Waals surface area contributed by atoms with Gasteiger partial charge in [0.25, 0.3) is 5.91 Å². The van der Waals surface area contributed by atoms with Crippen molar-refractivity contribution in [3.63, 3.8) is 0 Å². The number of piperazine rings is 1. The first-order chi connectivity index (χ1) is 11.3. The van der Waals surface area contributed by atoms with Gasteiger partial charge in [0.05, 0.1) is 5.56 Å². The highest BCUT2D eigenvalue weighted by molar-refractivity contribution is 5.99. The second kappa shape index (κ2) is 7.44. The Bertz CT molecular complexity index is 547. The maximum Gasteiger partial charge on any atom is 0.257 e. The molecule has 1 aromatic heterocycles. The van der Waals surface area contributed by atoms with Crippen LogP contribution >= 0.6 is 0 Å². The van der Waals surface area contributed by atoms with E-state index in [2.05, 4.69) is 9.88 Å². The summed E-state index contributed by atoms with van der Waals surface area (Å²) in [4.78, 5) is 34.0. The SMILES string of the molecule is O=CN1CCN(C(=O)c2cccnc2N2CCCCCC2)CC1. The number of carbonyl (C=O) groups excluding carboxylic acids is 2. The topological polar surface area (TPSA) is 56.8 Å². The van der Waals surface area contributed by atoms with Crippen LogP contribution in [0.3, 0.4) is 0 Å². The number of hydrogen-bond donors (Lipinski definition) is 0. The predicted molar refractivity (Wildman–Crippen MR) is 88.5 cm³/mol. The highest BCUT2D eigenvalue weighted by Gasteiger charge is 2.25. The lowest BCUT2D eigenvalue weighted by molar-refractivity contribution is -0.119. The molecule has 3 rings (SSSR count). The molecule has 0 aromatic carbocycles. The molecular formula is C17H24N4O2. The lowest BCUT2D eigenvalue weighted by Crippen LogP contribution is -2.48. The van der Waals surface area contributed by atoms with Crippen LogP contribution in [0.5, 0.6) is 0 Å². The number of hydrogen-bond acceptors (Lipinski definition) is 4. The summed E-state index contributed by atoms with van der Waals surface area (Å²) in [6.45, 7) is 4.33. The molecule has 2 aliphatic rings. The molecule has 2 saturated heterocycles. The van der Waals surface area contributed by atoms with E-state index in [9.17, 15) is 9.59 Å². The fourth-order valence-corrected chi connectivity index (χ4v) is 3.30. The normalized spacial score (nSPS) is 19.4. The number of amides is 2. The van der Waals surface area contributed by atoms with Crippen molar-refractivity contribution in [3.8, 4) is 0 Å². The van der Waals surface area contributed by atoms with Crippen molar-refractivity contribution in [2.24, 2.45) is 0 Å². The average molecular weight is 316 g/mol. The van der Waals surface area contributed by atoms with Crippen molar-refractivity contribution in [1.29, 1.82) is 0 Å². The maximum absolute atomic E-state index is 12.9. The fraction of sp³-hybridized carbons (Fsp3) is 0.588. The van der Waals surface area contributed by atoms with Crippen LogP contribution in [0.2, 0.25) is 0 Å². The molecule has 0 saturated carbocycles. The van der Waals surface area contributed by atoms with Gasteiger partial charge in [-0.25, -0.2) is 4.98 Å². The Morgan fingerprint density at radius 2 is 1.70 bits per heavy atom. The largest absolute Gasteiger partial charge is 0.356 e. The van der Waals surface area contributed by atoms with Gasteiger partial charge in [-0.3, -0.25) is 9.59 Å². The Morgan fingerprint density at radius 3 is 2.35 bits per heavy atom. The first-order valence-electron chi connectivity index (χ1n) is 8.48. The van der Waals surface area contributed by atoms with Crippen molar-refractivity contribution in [1.82, 2.24) is 14.8 Å². The van der Waals surface area contributed by atoms with E-state index >= 15 is 0 Å². The number of aromatic nitrogens is 1. The molecule has 2 fully saturated rings. The number of carbonyl (C=O) groups is 2. The third-order valence-corrected chi connectivity index (χ3v) is 4.67. The summed E-state index contributed by atoms with van der Waals surface area (Å²) in [5.41, 5.74) is 0.689. The van der Waals surface area contributed by atoms with Crippen LogP contribution in [0, 0.1) is 0 Å². The lowest BCUT2D eigenvalue weighted by Gasteiger charge is -2.33. The Balaban J connectivity index is 1.76. The van der Waals surface area contributed by atoms with Crippen LogP contribution in [0.4, 0.5) is 5.82 Å². The van der Waals surface area contributed by atoms with E-state index < -0.39 is 0 Å². The summed E-state index contributed by atoms with van der Waals surface area (Å²) in [5.74, 6) is 0.847. The molecule has 2 aliphatic heterocycles. The van der Waals surface area contributed by atoms with Crippen molar-refractivity contribution in [3.05, 3.63) is 23.9 Å². The minimum atomic E-state index is 0.0305. The summed E-state index contributed by atoms with van der Waals surface area (Å²) in [6, 6.07) is 3.71. The lowest BCUT2D eigenvalue weighted by atomic mass is 10.2. The van der Waals surface area contributed by atoms with E-state index in [0.29, 0.717) is 31.7 Å². The Kier molecular flexibility index (Phi) is 5.10. The van der Waals surface area contributed by atoms with E-state index in [-0.39, 0.29) is 5.91 Å². The summed E-state index contributed by atoms with van der Waals surface area (Å²) in [6.07, 6.45) is 7.43. The second-order valence-electron chi connectivity index (χ2n) is 6.21. The first kappa shape index (κ1) is 15.8. The van der Waals surface area contributed by atoms with E-state index in [1.807, 2.05) is 17.0 Å². The van der Waals surface area contributed by atoms with Crippen molar-refractivity contribution in [2.75, 3.05) is 44.2 Å². The highest BCUT2D eigenvalue weighted by atomic mass is 16.2. The number of pyridine rings is 1. The molecule has 0 atom stereocenters. The molecule has 3 heterocycles. The van der Waals surface area contributed by atoms with Crippen LogP contribution in [0.15, 0.2) is 18.3 Å². The van der Waals surface area contributed by atoms with Crippen LogP contribution in [-0.2, 0) is 4.79 Å². The third-order valence-electron chi connectivity index (χ3n) is 4.67. The summed E-state index contributed by atoms with van der Waals surface area (Å²) < 4.78 is 0. The molecule has 0 bridgehead atoms. The van der Waals surface area contributed by atoms with Gasteiger partial charge < -0.3 is 14.7 Å². The smallest absolute Gasteiger partial charge is 0.257 e. The van der Waals surface area contributed by atoms with Crippen LogP contribution in [0.1, 0.15) is 36.0 Å². The predicted octanol–water partition coefficient (Wildman–Crippen LogP) is 1.38. The average Bonchev–Trinajstić information content (AvgIpc) is 2.90. The fourth-order valence-electron chi connectivity index (χ4n) is 3.30. The van der Waals surface area contributed by atoms with Gasteiger partial charge in [-0.05, 0) is 25.0 Å². The van der Waals surface area contributed by atoms with Crippen LogP contribution in [0.25, 0.3) is 0 Å². The summed E-state index contributed by atoms with van der Waals surface area (Å²) >= 11 is 0. The molecule has 0 unspecified atom stereocenters. The molecule has 0 spiro atoms. The minimum Gasteiger partial charge on any atom is -0.356 e. The van der Waals surface area contributed by atoms with Gasteiger partial charge in [-0.2, -0.15) is 0 Å². The quantitative estimate of drug-likeness (QED) is 0.791. The molecule has 0 radical (unpaired) electrons. The summed E-state index contributed by atoms with van der Waals surface area (Å²) in [5, 5.41) is 0. The van der Waals surface area contributed by atoms with E-state index in [1.165, 1.54) is 12.8 Å². The zero-order valence-corrected chi connectivity index (χ0v) is 13.5. The molecule has 1 aromatic rings. The number of nitrogens with zero attached hydrogens (tertiary/aromatic N) is 4. The molecule has 124 valence electrons. The standard InChI is InChI=1S/C17H24N4O2/c22-14-19-10-12-21(13-11-19)17(23)15-6-5-7-18-16(15)20-8-3-1-2-4-9-20/h5-7,14H,1-4,8-13H2. The van der Waals surface area contributed by atoms with Gasteiger partial charge in [0, 0.05) is 45.5 Å². The van der Waals surface area contributed by atoms with Gasteiger partial charge in [0.2, 0.25) is 6.41 Å². The molecule has 2 amide bonds. The molecule has 0 aliphatic carbocycles. The van der Waals surface area contributed by atoms with Gasteiger partial charge >= 0.3 is 0 Å². The van der Waals surface area contributed by atoms with E-state index in [1.54, 1.807) is 11.1 Å². The van der Waals surface area contributed by atoms with Gasteiger partial charge in [-0.15, -0.1) is 0 Å². The highest BCUT2D eigenvalue weighted by Crippen LogP contribution is 2.23. The first-order valence-corrected chi connectivity index (χ1v) is 8.48.